The first-order valence-corrected chi connectivity index (χ1v) is 10.6. The molecule has 2 aromatic carbocycles. The Kier molecular flexibility index (Phi) is 7.25. The summed E-state index contributed by atoms with van der Waals surface area (Å²) in [6.45, 7) is 3.26. The maximum absolute atomic E-state index is 14.0. The molecule has 0 fully saturated rings. The van der Waals surface area contributed by atoms with Gasteiger partial charge in [0.05, 0.1) is 15.7 Å². The number of halogens is 5. The topological polar surface area (TPSA) is 79.7 Å². The first-order valence-electron chi connectivity index (χ1n) is 9.76. The molecule has 0 aliphatic rings. The first kappa shape index (κ1) is 25.2. The van der Waals surface area contributed by atoms with Crippen LogP contribution in [0.5, 0.6) is 11.6 Å². The van der Waals surface area contributed by atoms with Gasteiger partial charge in [0.15, 0.2) is 0 Å². The highest BCUT2D eigenvalue weighted by Gasteiger charge is 2.35. The number of ether oxygens (including phenoxy) is 1. The van der Waals surface area contributed by atoms with E-state index in [4.69, 9.17) is 4.74 Å². The fourth-order valence-electron chi connectivity index (χ4n) is 3.15. The molecule has 1 aromatic heterocycles. The van der Waals surface area contributed by atoms with Crippen molar-refractivity contribution in [3.8, 4) is 11.6 Å². The highest BCUT2D eigenvalue weighted by molar-refractivity contribution is 9.10. The number of rotatable bonds is 6. The van der Waals surface area contributed by atoms with Crippen molar-refractivity contribution in [1.29, 1.82) is 0 Å². The highest BCUT2D eigenvalue weighted by atomic mass is 79.9. The van der Waals surface area contributed by atoms with E-state index in [2.05, 4.69) is 20.9 Å². The molecule has 0 bridgehead atoms. The Hall–Kier alpha value is -3.47. The predicted octanol–water partition coefficient (Wildman–Crippen LogP) is 6.55. The molecule has 1 heterocycles. The zero-order valence-electron chi connectivity index (χ0n) is 17.7. The van der Waals surface area contributed by atoms with Gasteiger partial charge in [0, 0.05) is 17.8 Å². The number of aromatic nitrogens is 1. The minimum atomic E-state index is -4.74. The predicted molar refractivity (Wildman–Crippen MR) is 119 cm³/mol. The molecule has 178 valence electrons. The van der Waals surface area contributed by atoms with Crippen molar-refractivity contribution >= 4 is 33.5 Å². The summed E-state index contributed by atoms with van der Waals surface area (Å²) in [5.74, 6) is -3.76. The molecule has 0 atom stereocenters. The minimum Gasteiger partial charge on any atom is -0.478 e. The molecular formula is C23H17BrF4N2O4. The number of aromatic carboxylic acids is 1. The Balaban J connectivity index is 2.04. The van der Waals surface area contributed by atoms with Crippen LogP contribution in [0.15, 0.2) is 59.2 Å². The van der Waals surface area contributed by atoms with Crippen molar-refractivity contribution in [2.75, 3.05) is 4.90 Å². The summed E-state index contributed by atoms with van der Waals surface area (Å²) in [7, 11) is 0. The Bertz CT molecular complexity index is 1250. The Morgan fingerprint density at radius 1 is 1.12 bits per heavy atom. The maximum Gasteiger partial charge on any atom is 0.421 e. The molecule has 0 saturated heterocycles. The lowest BCUT2D eigenvalue weighted by molar-refractivity contribution is -0.138. The molecule has 0 unspecified atom stereocenters. The molecule has 0 spiro atoms. The number of hydrogen-bond donors (Lipinski definition) is 1. The molecule has 0 radical (unpaired) electrons. The number of carbonyl (C=O) groups excluding carboxylic acids is 1. The summed E-state index contributed by atoms with van der Waals surface area (Å²) in [4.78, 5) is 29.9. The standard InChI is InChI=1S/C23H17BrF4N2O4/c1-12(2)30(21(31)13-5-7-17(24)18(25)10-13)19-8-6-14(11-15(19)22(32)33)34-20-16(23(26,27)28)4-3-9-29-20/h3-12H,1-2H3,(H,32,33). The number of nitrogens with zero attached hydrogens (tertiary/aromatic N) is 2. The number of alkyl halides is 3. The van der Waals surface area contributed by atoms with Crippen LogP contribution in [0.2, 0.25) is 0 Å². The van der Waals surface area contributed by atoms with Gasteiger partial charge in [0.2, 0.25) is 5.88 Å². The number of carboxylic acid groups (broad SMARTS) is 1. The number of amides is 1. The van der Waals surface area contributed by atoms with Crippen LogP contribution in [-0.4, -0.2) is 28.0 Å². The molecule has 6 nitrogen and oxygen atoms in total. The van der Waals surface area contributed by atoms with Gasteiger partial charge in [-0.25, -0.2) is 14.2 Å². The van der Waals surface area contributed by atoms with Crippen molar-refractivity contribution in [2.45, 2.75) is 26.1 Å². The summed E-state index contributed by atoms with van der Waals surface area (Å²) < 4.78 is 59.1. The molecular weight excluding hydrogens is 524 g/mol. The monoisotopic (exact) mass is 540 g/mol. The zero-order valence-corrected chi connectivity index (χ0v) is 19.3. The maximum atomic E-state index is 14.0. The van der Waals surface area contributed by atoms with Crippen molar-refractivity contribution < 1.29 is 37.0 Å². The average Bonchev–Trinajstić information content (AvgIpc) is 2.75. The number of carbonyl (C=O) groups is 2. The molecule has 34 heavy (non-hydrogen) atoms. The summed E-state index contributed by atoms with van der Waals surface area (Å²) in [6, 6.07) is 8.53. The fraction of sp³-hybridized carbons (Fsp3) is 0.174. The van der Waals surface area contributed by atoms with E-state index in [-0.39, 0.29) is 21.5 Å². The number of carboxylic acids is 1. The zero-order chi connectivity index (χ0) is 25.2. The second kappa shape index (κ2) is 9.80. The van der Waals surface area contributed by atoms with Gasteiger partial charge in [0.25, 0.3) is 5.91 Å². The van der Waals surface area contributed by atoms with Crippen LogP contribution >= 0.6 is 15.9 Å². The third-order valence-corrected chi connectivity index (χ3v) is 5.29. The highest BCUT2D eigenvalue weighted by Crippen LogP contribution is 2.37. The van der Waals surface area contributed by atoms with E-state index in [1.54, 1.807) is 13.8 Å². The molecule has 0 aliphatic heterocycles. The molecule has 1 N–H and O–H groups in total. The lowest BCUT2D eigenvalue weighted by atomic mass is 10.1. The van der Waals surface area contributed by atoms with E-state index >= 15 is 0 Å². The first-order chi connectivity index (χ1) is 15.9. The van der Waals surface area contributed by atoms with Crippen molar-refractivity contribution in [3.63, 3.8) is 0 Å². The van der Waals surface area contributed by atoms with Gasteiger partial charge in [-0.05, 0) is 78.3 Å². The third kappa shape index (κ3) is 5.36. The average molecular weight is 541 g/mol. The second-order valence-electron chi connectivity index (χ2n) is 7.34. The van der Waals surface area contributed by atoms with Crippen molar-refractivity contribution in [1.82, 2.24) is 4.98 Å². The molecule has 3 aromatic rings. The van der Waals surface area contributed by atoms with Gasteiger partial charge in [0.1, 0.15) is 17.1 Å². The SMILES string of the molecule is CC(C)N(C(=O)c1ccc(Br)c(F)c1)c1ccc(Oc2ncccc2C(F)(F)F)cc1C(=O)O. The second-order valence-corrected chi connectivity index (χ2v) is 8.19. The summed E-state index contributed by atoms with van der Waals surface area (Å²) in [5, 5.41) is 9.75. The van der Waals surface area contributed by atoms with Crippen LogP contribution in [-0.2, 0) is 6.18 Å². The van der Waals surface area contributed by atoms with E-state index in [1.165, 1.54) is 24.3 Å². The van der Waals surface area contributed by atoms with Crippen LogP contribution in [0.25, 0.3) is 0 Å². The number of pyridine rings is 1. The van der Waals surface area contributed by atoms with Crippen LogP contribution in [0, 0.1) is 5.82 Å². The molecule has 11 heteroatoms. The Morgan fingerprint density at radius 2 is 1.82 bits per heavy atom. The van der Waals surface area contributed by atoms with E-state index in [1.807, 2.05) is 0 Å². The van der Waals surface area contributed by atoms with Crippen LogP contribution in [0.1, 0.15) is 40.1 Å². The molecule has 1 amide bonds. The molecule has 0 aliphatic carbocycles. The largest absolute Gasteiger partial charge is 0.478 e. The van der Waals surface area contributed by atoms with Gasteiger partial charge < -0.3 is 14.7 Å². The number of anilines is 1. The number of benzene rings is 2. The van der Waals surface area contributed by atoms with Gasteiger partial charge in [-0.15, -0.1) is 0 Å². The van der Waals surface area contributed by atoms with E-state index < -0.39 is 46.9 Å². The normalized spacial score (nSPS) is 11.4. The lowest BCUT2D eigenvalue weighted by Gasteiger charge is -2.28. The van der Waals surface area contributed by atoms with Crippen LogP contribution < -0.4 is 9.64 Å². The van der Waals surface area contributed by atoms with Crippen molar-refractivity contribution in [3.05, 3.63) is 81.7 Å². The van der Waals surface area contributed by atoms with Gasteiger partial charge >= 0.3 is 12.1 Å². The minimum absolute atomic E-state index is 0.0191. The lowest BCUT2D eigenvalue weighted by Crippen LogP contribution is -2.38. The van der Waals surface area contributed by atoms with E-state index in [0.29, 0.717) is 0 Å². The quantitative estimate of drug-likeness (QED) is 0.359. The van der Waals surface area contributed by atoms with Crippen LogP contribution in [0.3, 0.4) is 0 Å². The van der Waals surface area contributed by atoms with Gasteiger partial charge in [-0.3, -0.25) is 4.79 Å². The van der Waals surface area contributed by atoms with Gasteiger partial charge in [-0.1, -0.05) is 0 Å². The van der Waals surface area contributed by atoms with Gasteiger partial charge in [-0.2, -0.15) is 13.2 Å². The Morgan fingerprint density at radius 3 is 2.41 bits per heavy atom. The molecule has 3 rings (SSSR count). The smallest absolute Gasteiger partial charge is 0.421 e. The van der Waals surface area contributed by atoms with Crippen molar-refractivity contribution in [2.24, 2.45) is 0 Å². The van der Waals surface area contributed by atoms with E-state index in [9.17, 15) is 32.3 Å². The van der Waals surface area contributed by atoms with Crippen LogP contribution in [0.4, 0.5) is 23.2 Å². The summed E-state index contributed by atoms with van der Waals surface area (Å²) >= 11 is 3.01. The Labute approximate surface area is 199 Å². The van der Waals surface area contributed by atoms with E-state index in [0.717, 1.165) is 35.4 Å². The third-order valence-electron chi connectivity index (χ3n) is 4.65. The fourth-order valence-corrected chi connectivity index (χ4v) is 3.40. The number of hydrogen-bond acceptors (Lipinski definition) is 4. The summed E-state index contributed by atoms with van der Waals surface area (Å²) in [6.07, 6.45) is -3.63. The summed E-state index contributed by atoms with van der Waals surface area (Å²) in [5.41, 5.74) is -1.59. The molecule has 0 saturated carbocycles.